The number of carbonyl (C=O) groups excluding carboxylic acids is 1. The Morgan fingerprint density at radius 1 is 1.48 bits per heavy atom. The van der Waals surface area contributed by atoms with Crippen LogP contribution in [0.25, 0.3) is 0 Å². The summed E-state index contributed by atoms with van der Waals surface area (Å²) in [5.41, 5.74) is 1.21. The average Bonchev–Trinajstić information content (AvgIpc) is 3.38. The van der Waals surface area contributed by atoms with Crippen molar-refractivity contribution in [3.05, 3.63) is 29.2 Å². The minimum atomic E-state index is -0.213. The van der Waals surface area contributed by atoms with E-state index in [4.69, 9.17) is 14.5 Å². The number of carbonyl (C=O) groups is 1. The van der Waals surface area contributed by atoms with Gasteiger partial charge in [0.2, 0.25) is 0 Å². The van der Waals surface area contributed by atoms with E-state index in [0.29, 0.717) is 43.7 Å². The van der Waals surface area contributed by atoms with Gasteiger partial charge in [0, 0.05) is 13.2 Å². The molecule has 2 aromatic heterocycles. The molecule has 1 saturated heterocycles. The molecule has 10 heteroatoms. The summed E-state index contributed by atoms with van der Waals surface area (Å²) in [4.78, 5) is 18.3. The van der Waals surface area contributed by atoms with Crippen molar-refractivity contribution in [2.45, 2.75) is 38.6 Å². The Bertz CT molecular complexity index is 815. The van der Waals surface area contributed by atoms with Crippen molar-refractivity contribution in [2.75, 3.05) is 13.2 Å². The van der Waals surface area contributed by atoms with Gasteiger partial charge in [0.1, 0.15) is 12.2 Å². The zero-order chi connectivity index (χ0) is 17.2. The van der Waals surface area contributed by atoms with E-state index in [1.807, 2.05) is 6.07 Å². The van der Waals surface area contributed by atoms with Gasteiger partial charge in [-0.15, -0.1) is 0 Å². The highest BCUT2D eigenvalue weighted by atomic mass is 16.5. The third kappa shape index (κ3) is 3.18. The van der Waals surface area contributed by atoms with Crippen LogP contribution in [0.5, 0.6) is 0 Å². The molecule has 2 amide bonds. The summed E-state index contributed by atoms with van der Waals surface area (Å²) >= 11 is 0. The highest BCUT2D eigenvalue weighted by molar-refractivity contribution is 5.74. The Hall–Kier alpha value is -2.93. The van der Waals surface area contributed by atoms with Crippen LogP contribution in [0.3, 0.4) is 0 Å². The molecule has 2 aromatic rings. The molecule has 2 aliphatic heterocycles. The summed E-state index contributed by atoms with van der Waals surface area (Å²) < 4.78 is 12.4. The fraction of sp³-hybridized carbons (Fsp3) is 0.533. The van der Waals surface area contributed by atoms with Crippen molar-refractivity contribution in [2.24, 2.45) is 0 Å². The van der Waals surface area contributed by atoms with Gasteiger partial charge in [-0.3, -0.25) is 4.68 Å². The molecule has 2 aliphatic rings. The molecule has 4 heterocycles. The number of aromatic nitrogens is 4. The van der Waals surface area contributed by atoms with Gasteiger partial charge in [-0.25, -0.2) is 4.79 Å². The highest BCUT2D eigenvalue weighted by Gasteiger charge is 2.25. The number of hydrogen-bond acceptors (Lipinski definition) is 7. The quantitative estimate of drug-likeness (QED) is 0.871. The van der Waals surface area contributed by atoms with Gasteiger partial charge in [0.15, 0.2) is 11.5 Å². The van der Waals surface area contributed by atoms with Gasteiger partial charge in [0.25, 0.3) is 5.89 Å². The van der Waals surface area contributed by atoms with Crippen LogP contribution >= 0.6 is 0 Å². The lowest BCUT2D eigenvalue weighted by atomic mass is 10.2. The summed E-state index contributed by atoms with van der Waals surface area (Å²) in [7, 11) is 0. The van der Waals surface area contributed by atoms with Gasteiger partial charge in [0.05, 0.1) is 25.3 Å². The van der Waals surface area contributed by atoms with Crippen molar-refractivity contribution in [1.82, 2.24) is 30.1 Å². The fourth-order valence-corrected chi connectivity index (χ4v) is 3.00. The molecule has 0 aliphatic carbocycles. The Labute approximate surface area is 143 Å². The molecule has 10 nitrogen and oxygen atoms in total. The molecule has 0 radical (unpaired) electrons. The van der Waals surface area contributed by atoms with Crippen LogP contribution in [0, 0.1) is 11.3 Å². The molecule has 0 unspecified atom stereocenters. The van der Waals surface area contributed by atoms with E-state index >= 15 is 0 Å². The van der Waals surface area contributed by atoms with E-state index in [2.05, 4.69) is 20.6 Å². The SMILES string of the molecule is N#Cc1cc2n(n1)CCN(C(=O)NCc1noc([C@@H]3CCCO3)n1)C2. The van der Waals surface area contributed by atoms with E-state index in [0.717, 1.165) is 18.5 Å². The van der Waals surface area contributed by atoms with Crippen LogP contribution < -0.4 is 5.32 Å². The van der Waals surface area contributed by atoms with E-state index in [9.17, 15) is 4.79 Å². The van der Waals surface area contributed by atoms with Gasteiger partial charge in [-0.2, -0.15) is 15.3 Å². The van der Waals surface area contributed by atoms with Gasteiger partial charge >= 0.3 is 6.03 Å². The maximum absolute atomic E-state index is 12.3. The molecule has 1 fully saturated rings. The Morgan fingerprint density at radius 2 is 2.40 bits per heavy atom. The Balaban J connectivity index is 1.33. The number of hydrogen-bond donors (Lipinski definition) is 1. The zero-order valence-corrected chi connectivity index (χ0v) is 13.5. The van der Waals surface area contributed by atoms with Gasteiger partial charge in [-0.1, -0.05) is 5.16 Å². The molecule has 1 atom stereocenters. The third-order valence-corrected chi connectivity index (χ3v) is 4.29. The first-order chi connectivity index (χ1) is 12.2. The molecule has 0 aromatic carbocycles. The molecular formula is C15H17N7O3. The number of fused-ring (bicyclic) bond motifs is 1. The first kappa shape index (κ1) is 15.6. The van der Waals surface area contributed by atoms with E-state index in [1.54, 1.807) is 15.6 Å². The lowest BCUT2D eigenvalue weighted by Crippen LogP contribution is -2.44. The summed E-state index contributed by atoms with van der Waals surface area (Å²) in [5, 5.41) is 19.7. The van der Waals surface area contributed by atoms with Crippen molar-refractivity contribution >= 4 is 6.03 Å². The van der Waals surface area contributed by atoms with Crippen molar-refractivity contribution in [3.8, 4) is 6.07 Å². The normalized spacial score (nSPS) is 19.5. The zero-order valence-electron chi connectivity index (χ0n) is 13.5. The second kappa shape index (κ2) is 6.52. The highest BCUT2D eigenvalue weighted by Crippen LogP contribution is 2.26. The van der Waals surface area contributed by atoms with Crippen LogP contribution in [0.1, 0.15) is 42.0 Å². The fourth-order valence-electron chi connectivity index (χ4n) is 3.00. The number of amides is 2. The number of nitrogens with one attached hydrogen (secondary N) is 1. The topological polar surface area (TPSA) is 122 Å². The number of rotatable bonds is 3. The Kier molecular flexibility index (Phi) is 4.07. The first-order valence-corrected chi connectivity index (χ1v) is 8.16. The van der Waals surface area contributed by atoms with E-state index in [1.165, 1.54) is 0 Å². The molecule has 0 spiro atoms. The predicted molar refractivity (Wildman–Crippen MR) is 81.8 cm³/mol. The Morgan fingerprint density at radius 3 is 3.20 bits per heavy atom. The maximum atomic E-state index is 12.3. The molecule has 1 N–H and O–H groups in total. The average molecular weight is 343 g/mol. The van der Waals surface area contributed by atoms with Crippen LogP contribution in [-0.2, 0) is 24.4 Å². The number of urea groups is 1. The van der Waals surface area contributed by atoms with Crippen LogP contribution in [-0.4, -0.2) is 44.0 Å². The number of nitrogens with zero attached hydrogens (tertiary/aromatic N) is 6. The summed E-state index contributed by atoms with van der Waals surface area (Å²) in [6, 6.07) is 3.50. The van der Waals surface area contributed by atoms with E-state index in [-0.39, 0.29) is 18.7 Å². The lowest BCUT2D eigenvalue weighted by Gasteiger charge is -2.27. The van der Waals surface area contributed by atoms with Crippen LogP contribution in [0.4, 0.5) is 4.79 Å². The van der Waals surface area contributed by atoms with Crippen LogP contribution in [0.15, 0.2) is 10.6 Å². The van der Waals surface area contributed by atoms with Crippen molar-refractivity contribution in [1.29, 1.82) is 5.26 Å². The van der Waals surface area contributed by atoms with Gasteiger partial charge in [-0.05, 0) is 18.9 Å². The predicted octanol–water partition coefficient (Wildman–Crippen LogP) is 0.715. The van der Waals surface area contributed by atoms with Crippen LogP contribution in [0.2, 0.25) is 0 Å². The maximum Gasteiger partial charge on any atom is 0.318 e. The van der Waals surface area contributed by atoms with E-state index < -0.39 is 0 Å². The molecule has 25 heavy (non-hydrogen) atoms. The van der Waals surface area contributed by atoms with Crippen molar-refractivity contribution < 1.29 is 14.1 Å². The second-order valence-corrected chi connectivity index (χ2v) is 5.99. The molecule has 130 valence electrons. The molecule has 4 rings (SSSR count). The smallest absolute Gasteiger partial charge is 0.318 e. The monoisotopic (exact) mass is 343 g/mol. The summed E-state index contributed by atoms with van der Waals surface area (Å²) in [6.45, 7) is 2.40. The molecule has 0 saturated carbocycles. The number of ether oxygens (including phenoxy) is 1. The minimum Gasteiger partial charge on any atom is -0.368 e. The lowest BCUT2D eigenvalue weighted by molar-refractivity contribution is 0.0835. The minimum absolute atomic E-state index is 0.131. The second-order valence-electron chi connectivity index (χ2n) is 5.99. The third-order valence-electron chi connectivity index (χ3n) is 4.29. The molecular weight excluding hydrogens is 326 g/mol. The first-order valence-electron chi connectivity index (χ1n) is 8.16. The number of nitriles is 1. The largest absolute Gasteiger partial charge is 0.368 e. The van der Waals surface area contributed by atoms with Gasteiger partial charge < -0.3 is 19.5 Å². The standard InChI is InChI=1S/C15H17N7O3/c16-7-10-6-11-9-21(3-4-22(11)19-10)15(23)17-8-13-18-14(25-20-13)12-2-1-5-24-12/h6,12H,1-5,8-9H2,(H,17,23)/t12-/m0/s1. The molecule has 0 bridgehead atoms. The summed E-state index contributed by atoms with van der Waals surface area (Å²) in [5.74, 6) is 0.889. The summed E-state index contributed by atoms with van der Waals surface area (Å²) in [6.07, 6.45) is 1.73. The van der Waals surface area contributed by atoms with Crippen molar-refractivity contribution in [3.63, 3.8) is 0 Å².